The lowest BCUT2D eigenvalue weighted by Gasteiger charge is -2.39. The minimum atomic E-state index is -0.344. The van der Waals surface area contributed by atoms with E-state index >= 15 is 0 Å². The Labute approximate surface area is 106 Å². The Hall–Kier alpha value is -1.82. The molecule has 0 saturated carbocycles. The van der Waals surface area contributed by atoms with E-state index in [2.05, 4.69) is 19.0 Å². The van der Waals surface area contributed by atoms with Crippen LogP contribution in [0.15, 0.2) is 18.2 Å². The van der Waals surface area contributed by atoms with Gasteiger partial charge in [0.2, 0.25) is 0 Å². The van der Waals surface area contributed by atoms with Gasteiger partial charge in [0.05, 0.1) is 45.2 Å². The van der Waals surface area contributed by atoms with Gasteiger partial charge in [-0.2, -0.15) is 0 Å². The van der Waals surface area contributed by atoms with Gasteiger partial charge in [-0.1, -0.05) is 0 Å². The third kappa shape index (κ3) is 2.53. The lowest BCUT2D eigenvalue weighted by molar-refractivity contribution is -0.890. The van der Waals surface area contributed by atoms with Crippen LogP contribution in [0.25, 0.3) is 0 Å². The summed E-state index contributed by atoms with van der Waals surface area (Å²) in [6.45, 7) is 3.59. The van der Waals surface area contributed by atoms with Crippen molar-refractivity contribution in [3.8, 4) is 0 Å². The first-order valence-corrected chi connectivity index (χ1v) is 6.00. The summed E-state index contributed by atoms with van der Waals surface area (Å²) in [5, 5.41) is 11.0. The largest absolute Gasteiger partial charge is 0.399 e. The molecule has 0 spiro atoms. The predicted molar refractivity (Wildman–Crippen MR) is 71.6 cm³/mol. The van der Waals surface area contributed by atoms with Crippen LogP contribution in [-0.2, 0) is 0 Å². The van der Waals surface area contributed by atoms with Crippen LogP contribution in [0.1, 0.15) is 0 Å². The van der Waals surface area contributed by atoms with Gasteiger partial charge in [0.1, 0.15) is 5.69 Å². The number of nitrogen functional groups attached to an aromatic ring is 1. The Bertz CT molecular complexity index is 463. The first-order chi connectivity index (χ1) is 8.39. The first kappa shape index (κ1) is 12.6. The summed E-state index contributed by atoms with van der Waals surface area (Å²) < 4.78 is 0.951. The van der Waals surface area contributed by atoms with Crippen LogP contribution in [0.4, 0.5) is 17.1 Å². The maximum atomic E-state index is 11.0. The smallest absolute Gasteiger partial charge is 0.292 e. The predicted octanol–water partition coefficient (Wildman–Crippen LogP) is 1.07. The molecule has 0 atom stereocenters. The van der Waals surface area contributed by atoms with Crippen LogP contribution >= 0.6 is 0 Å². The monoisotopic (exact) mass is 251 g/mol. The van der Waals surface area contributed by atoms with Crippen LogP contribution in [0, 0.1) is 10.1 Å². The average molecular weight is 251 g/mol. The summed E-state index contributed by atoms with van der Waals surface area (Å²) >= 11 is 0. The molecule has 1 saturated heterocycles. The van der Waals surface area contributed by atoms with Gasteiger partial charge in [-0.3, -0.25) is 10.1 Å². The molecule has 2 N–H and O–H groups in total. The second-order valence-corrected chi connectivity index (χ2v) is 5.38. The van der Waals surface area contributed by atoms with Gasteiger partial charge in [-0.25, -0.2) is 0 Å². The number of piperazine rings is 1. The number of rotatable bonds is 2. The molecule has 6 nitrogen and oxygen atoms in total. The minimum absolute atomic E-state index is 0.136. The van der Waals surface area contributed by atoms with E-state index in [0.29, 0.717) is 11.4 Å². The van der Waals surface area contributed by atoms with E-state index in [1.54, 1.807) is 12.1 Å². The molecule has 0 unspecified atom stereocenters. The number of nitro benzene ring substituents is 1. The number of nitrogens with two attached hydrogens (primary N) is 1. The number of likely N-dealkylation sites (N-methyl/N-ethyl adjacent to an activating group) is 1. The van der Waals surface area contributed by atoms with E-state index in [1.165, 1.54) is 6.07 Å². The summed E-state index contributed by atoms with van der Waals surface area (Å²) in [6.07, 6.45) is 0. The standard InChI is InChI=1S/C12H19N4O2/c1-16(2)7-5-14(6-8-16)12-9-10(13)3-4-11(12)15(17)18/h3-4,9H,5-8,13H2,1-2H3/q+1. The fraction of sp³-hybridized carbons (Fsp3) is 0.500. The van der Waals surface area contributed by atoms with Gasteiger partial charge in [0, 0.05) is 11.8 Å². The van der Waals surface area contributed by atoms with Crippen LogP contribution in [0.5, 0.6) is 0 Å². The molecule has 0 aromatic heterocycles. The zero-order chi connectivity index (χ0) is 13.3. The van der Waals surface area contributed by atoms with Crippen molar-refractivity contribution in [3.05, 3.63) is 28.3 Å². The van der Waals surface area contributed by atoms with E-state index < -0.39 is 0 Å². The van der Waals surface area contributed by atoms with Gasteiger partial charge in [0.25, 0.3) is 5.69 Å². The van der Waals surface area contributed by atoms with Crippen molar-refractivity contribution in [3.63, 3.8) is 0 Å². The first-order valence-electron chi connectivity index (χ1n) is 6.00. The molecule has 18 heavy (non-hydrogen) atoms. The van der Waals surface area contributed by atoms with Gasteiger partial charge < -0.3 is 15.1 Å². The lowest BCUT2D eigenvalue weighted by Crippen LogP contribution is -2.55. The molecule has 1 fully saturated rings. The third-order valence-corrected chi connectivity index (χ3v) is 3.49. The zero-order valence-corrected chi connectivity index (χ0v) is 10.8. The number of benzene rings is 1. The van der Waals surface area contributed by atoms with Crippen molar-refractivity contribution in [1.29, 1.82) is 0 Å². The molecule has 2 rings (SSSR count). The Morgan fingerprint density at radius 3 is 2.50 bits per heavy atom. The van der Waals surface area contributed by atoms with Crippen molar-refractivity contribution >= 4 is 17.1 Å². The third-order valence-electron chi connectivity index (χ3n) is 3.49. The van der Waals surface area contributed by atoms with Crippen LogP contribution in [-0.4, -0.2) is 49.7 Å². The number of nitrogens with zero attached hydrogens (tertiary/aromatic N) is 3. The number of hydrogen-bond donors (Lipinski definition) is 1. The summed E-state index contributed by atoms with van der Waals surface area (Å²) in [7, 11) is 4.34. The maximum Gasteiger partial charge on any atom is 0.292 e. The average Bonchev–Trinajstić information content (AvgIpc) is 2.28. The Balaban J connectivity index is 2.28. The summed E-state index contributed by atoms with van der Waals surface area (Å²) in [5.41, 5.74) is 7.07. The molecule has 1 aromatic rings. The number of nitro groups is 1. The molecule has 1 aliphatic rings. The molecule has 1 heterocycles. The summed E-state index contributed by atoms with van der Waals surface area (Å²) in [6, 6.07) is 4.76. The van der Waals surface area contributed by atoms with Crippen molar-refractivity contribution in [2.24, 2.45) is 0 Å². The van der Waals surface area contributed by atoms with Crippen molar-refractivity contribution in [1.82, 2.24) is 0 Å². The van der Waals surface area contributed by atoms with Crippen molar-refractivity contribution < 1.29 is 9.41 Å². The van der Waals surface area contributed by atoms with E-state index in [0.717, 1.165) is 30.7 Å². The maximum absolute atomic E-state index is 11.0. The molecule has 0 aliphatic carbocycles. The topological polar surface area (TPSA) is 72.4 Å². The number of anilines is 2. The van der Waals surface area contributed by atoms with Crippen molar-refractivity contribution in [2.45, 2.75) is 0 Å². The molecule has 0 radical (unpaired) electrons. The van der Waals surface area contributed by atoms with Gasteiger partial charge in [-0.05, 0) is 12.1 Å². The van der Waals surface area contributed by atoms with Gasteiger partial charge in [-0.15, -0.1) is 0 Å². The van der Waals surface area contributed by atoms with E-state index in [9.17, 15) is 10.1 Å². The summed E-state index contributed by atoms with van der Waals surface area (Å²) in [5.74, 6) is 0. The molecular formula is C12H19N4O2+. The lowest BCUT2D eigenvalue weighted by atomic mass is 10.2. The Morgan fingerprint density at radius 1 is 1.33 bits per heavy atom. The summed E-state index contributed by atoms with van der Waals surface area (Å²) in [4.78, 5) is 12.7. The highest BCUT2D eigenvalue weighted by Gasteiger charge is 2.28. The minimum Gasteiger partial charge on any atom is -0.399 e. The quantitative estimate of drug-likeness (QED) is 0.369. The van der Waals surface area contributed by atoms with Gasteiger partial charge >= 0.3 is 0 Å². The second-order valence-electron chi connectivity index (χ2n) is 5.38. The molecule has 98 valence electrons. The van der Waals surface area contributed by atoms with E-state index in [1.807, 2.05) is 0 Å². The SMILES string of the molecule is C[N+]1(C)CCN(c2cc(N)ccc2[N+](=O)[O-])CC1. The molecule has 1 aliphatic heterocycles. The van der Waals surface area contributed by atoms with E-state index in [-0.39, 0.29) is 10.6 Å². The van der Waals surface area contributed by atoms with E-state index in [4.69, 9.17) is 5.73 Å². The number of hydrogen-bond acceptors (Lipinski definition) is 4. The second kappa shape index (κ2) is 4.45. The fourth-order valence-corrected chi connectivity index (χ4v) is 2.20. The van der Waals surface area contributed by atoms with Crippen molar-refractivity contribution in [2.75, 3.05) is 50.9 Å². The van der Waals surface area contributed by atoms with Crippen LogP contribution in [0.3, 0.4) is 0 Å². The highest BCUT2D eigenvalue weighted by molar-refractivity contribution is 5.68. The van der Waals surface area contributed by atoms with Gasteiger partial charge in [0.15, 0.2) is 0 Å². The van der Waals surface area contributed by atoms with Crippen LogP contribution in [0.2, 0.25) is 0 Å². The molecule has 0 bridgehead atoms. The normalized spacial score (nSPS) is 18.7. The molecule has 0 amide bonds. The fourth-order valence-electron chi connectivity index (χ4n) is 2.20. The van der Waals surface area contributed by atoms with Crippen LogP contribution < -0.4 is 10.6 Å². The molecular weight excluding hydrogens is 232 g/mol. The number of quaternary nitrogens is 1. The molecule has 1 aromatic carbocycles. The highest BCUT2D eigenvalue weighted by Crippen LogP contribution is 2.31. The Kier molecular flexibility index (Phi) is 3.13. The molecule has 6 heteroatoms. The highest BCUT2D eigenvalue weighted by atomic mass is 16.6. The zero-order valence-electron chi connectivity index (χ0n) is 10.8. The Morgan fingerprint density at radius 2 is 1.94 bits per heavy atom.